The van der Waals surface area contributed by atoms with Gasteiger partial charge < -0.3 is 16.4 Å². The predicted molar refractivity (Wildman–Crippen MR) is 65.0 cm³/mol. The van der Waals surface area contributed by atoms with Crippen molar-refractivity contribution < 1.29 is 4.79 Å². The second kappa shape index (κ2) is 4.83. The second-order valence-corrected chi connectivity index (χ2v) is 4.29. The number of hydrogen-bond donors (Lipinski definition) is 3. The molecule has 1 heterocycles. The van der Waals surface area contributed by atoms with Gasteiger partial charge in [-0.15, -0.1) is 0 Å². The molecule has 0 unspecified atom stereocenters. The molecule has 0 aliphatic carbocycles. The topological polar surface area (TPSA) is 80.0 Å². The molecule has 5 nitrogen and oxygen atoms in total. The van der Waals surface area contributed by atoms with Gasteiger partial charge in [0.1, 0.15) is 5.82 Å². The van der Waals surface area contributed by atoms with Crippen molar-refractivity contribution >= 4 is 17.4 Å². The van der Waals surface area contributed by atoms with Crippen molar-refractivity contribution in [1.82, 2.24) is 10.3 Å². The van der Waals surface area contributed by atoms with E-state index in [2.05, 4.69) is 15.6 Å². The van der Waals surface area contributed by atoms with Gasteiger partial charge >= 0.3 is 0 Å². The molecular formula is C11H18N4O. The molecule has 0 aromatic carbocycles. The molecule has 1 aromatic rings. The summed E-state index contributed by atoms with van der Waals surface area (Å²) in [6, 6.07) is 3.45. The first-order valence-electron chi connectivity index (χ1n) is 5.13. The van der Waals surface area contributed by atoms with Gasteiger partial charge in [-0.3, -0.25) is 4.79 Å². The average Bonchev–Trinajstić information content (AvgIpc) is 2.25. The van der Waals surface area contributed by atoms with Gasteiger partial charge in [-0.25, -0.2) is 4.98 Å². The number of carbonyl (C=O) groups excluding carboxylic acids is 1. The van der Waals surface area contributed by atoms with E-state index in [0.717, 1.165) is 0 Å². The third kappa shape index (κ3) is 3.12. The van der Waals surface area contributed by atoms with Crippen LogP contribution in [0.1, 0.15) is 13.8 Å². The lowest BCUT2D eigenvalue weighted by Gasteiger charge is -2.23. The Morgan fingerprint density at radius 2 is 2.25 bits per heavy atom. The molecule has 0 saturated heterocycles. The highest BCUT2D eigenvalue weighted by Crippen LogP contribution is 2.16. The van der Waals surface area contributed by atoms with Gasteiger partial charge in [0.15, 0.2) is 0 Å². The van der Waals surface area contributed by atoms with Crippen LogP contribution in [-0.4, -0.2) is 24.5 Å². The maximum Gasteiger partial charge on any atom is 0.227 e. The molecule has 0 radical (unpaired) electrons. The maximum atomic E-state index is 11.5. The van der Waals surface area contributed by atoms with Crippen molar-refractivity contribution in [2.75, 3.05) is 24.6 Å². The highest BCUT2D eigenvalue weighted by atomic mass is 16.2. The number of nitrogen functional groups attached to an aromatic ring is 1. The van der Waals surface area contributed by atoms with Crippen molar-refractivity contribution in [3.63, 3.8) is 0 Å². The summed E-state index contributed by atoms with van der Waals surface area (Å²) in [5, 5.41) is 5.72. The van der Waals surface area contributed by atoms with Crippen LogP contribution in [0.2, 0.25) is 0 Å². The van der Waals surface area contributed by atoms with E-state index in [-0.39, 0.29) is 5.91 Å². The van der Waals surface area contributed by atoms with Crippen LogP contribution in [0.15, 0.2) is 18.3 Å². The maximum absolute atomic E-state index is 11.5. The van der Waals surface area contributed by atoms with E-state index in [1.807, 2.05) is 13.8 Å². The predicted octanol–water partition coefficient (Wildman–Crippen LogP) is 0.848. The smallest absolute Gasteiger partial charge is 0.227 e. The Morgan fingerprint density at radius 1 is 1.56 bits per heavy atom. The monoisotopic (exact) mass is 222 g/mol. The van der Waals surface area contributed by atoms with E-state index in [0.29, 0.717) is 18.1 Å². The molecule has 4 N–H and O–H groups in total. The largest absolute Gasteiger partial charge is 0.399 e. The highest BCUT2D eigenvalue weighted by Gasteiger charge is 2.26. The Morgan fingerprint density at radius 3 is 2.81 bits per heavy atom. The minimum absolute atomic E-state index is 0.0103. The Kier molecular flexibility index (Phi) is 3.71. The normalized spacial score (nSPS) is 10.9. The van der Waals surface area contributed by atoms with E-state index in [9.17, 15) is 4.79 Å². The van der Waals surface area contributed by atoms with Crippen LogP contribution in [0.25, 0.3) is 0 Å². The van der Waals surface area contributed by atoms with Crippen molar-refractivity contribution in [2.24, 2.45) is 5.41 Å². The summed E-state index contributed by atoms with van der Waals surface area (Å²) in [7, 11) is 1.63. The summed E-state index contributed by atoms with van der Waals surface area (Å²) < 4.78 is 0. The quantitative estimate of drug-likeness (QED) is 0.705. The SMILES string of the molecule is CNC(=O)C(C)(C)CNc1cc(N)ccn1. The second-order valence-electron chi connectivity index (χ2n) is 4.29. The van der Waals surface area contributed by atoms with Crippen LogP contribution in [-0.2, 0) is 4.79 Å². The lowest BCUT2D eigenvalue weighted by atomic mass is 9.92. The Balaban J connectivity index is 2.61. The number of nitrogens with two attached hydrogens (primary N) is 1. The lowest BCUT2D eigenvalue weighted by Crippen LogP contribution is -2.39. The molecule has 0 bridgehead atoms. The summed E-state index contributed by atoms with van der Waals surface area (Å²) in [6.07, 6.45) is 1.63. The number of aromatic nitrogens is 1. The number of nitrogens with one attached hydrogen (secondary N) is 2. The third-order valence-electron chi connectivity index (χ3n) is 2.34. The minimum Gasteiger partial charge on any atom is -0.399 e. The zero-order valence-electron chi connectivity index (χ0n) is 9.87. The fourth-order valence-corrected chi connectivity index (χ4v) is 1.27. The van der Waals surface area contributed by atoms with Crippen LogP contribution in [0.4, 0.5) is 11.5 Å². The van der Waals surface area contributed by atoms with Crippen molar-refractivity contribution in [3.05, 3.63) is 18.3 Å². The zero-order valence-corrected chi connectivity index (χ0v) is 9.87. The lowest BCUT2D eigenvalue weighted by molar-refractivity contribution is -0.128. The minimum atomic E-state index is -0.485. The van der Waals surface area contributed by atoms with E-state index >= 15 is 0 Å². The molecule has 0 spiro atoms. The van der Waals surface area contributed by atoms with Gasteiger partial charge in [0, 0.05) is 31.5 Å². The summed E-state index contributed by atoms with van der Waals surface area (Å²) in [5.41, 5.74) is 5.79. The molecule has 88 valence electrons. The van der Waals surface area contributed by atoms with Crippen molar-refractivity contribution in [1.29, 1.82) is 0 Å². The third-order valence-corrected chi connectivity index (χ3v) is 2.34. The van der Waals surface area contributed by atoms with E-state index in [1.54, 1.807) is 25.4 Å². The van der Waals surface area contributed by atoms with Crippen LogP contribution in [0, 0.1) is 5.41 Å². The fourth-order valence-electron chi connectivity index (χ4n) is 1.27. The molecular weight excluding hydrogens is 204 g/mol. The Labute approximate surface area is 95.4 Å². The molecule has 1 amide bonds. The van der Waals surface area contributed by atoms with Gasteiger partial charge in [0.05, 0.1) is 5.41 Å². The Bertz CT molecular complexity index is 376. The van der Waals surface area contributed by atoms with Crippen LogP contribution in [0.3, 0.4) is 0 Å². The zero-order chi connectivity index (χ0) is 12.2. The van der Waals surface area contributed by atoms with Crippen molar-refractivity contribution in [2.45, 2.75) is 13.8 Å². The number of carbonyl (C=O) groups is 1. The number of hydrogen-bond acceptors (Lipinski definition) is 4. The summed E-state index contributed by atoms with van der Waals surface area (Å²) in [4.78, 5) is 15.6. The molecule has 0 fully saturated rings. The molecule has 0 aliphatic heterocycles. The summed E-state index contributed by atoms with van der Waals surface area (Å²) >= 11 is 0. The Hall–Kier alpha value is -1.78. The van der Waals surface area contributed by atoms with Gasteiger partial charge in [0.2, 0.25) is 5.91 Å². The average molecular weight is 222 g/mol. The standard InChI is InChI=1S/C11H18N4O/c1-11(2,10(16)13-3)7-15-9-6-8(12)4-5-14-9/h4-6H,7H2,1-3H3,(H,13,16)(H3,12,14,15). The van der Waals surface area contributed by atoms with E-state index in [4.69, 9.17) is 5.73 Å². The van der Waals surface area contributed by atoms with Crippen LogP contribution in [0.5, 0.6) is 0 Å². The molecule has 1 aromatic heterocycles. The fraction of sp³-hybridized carbons (Fsp3) is 0.455. The van der Waals surface area contributed by atoms with Gasteiger partial charge in [0.25, 0.3) is 0 Å². The van der Waals surface area contributed by atoms with Crippen LogP contribution >= 0.6 is 0 Å². The summed E-state index contributed by atoms with van der Waals surface area (Å²) in [5.74, 6) is 0.667. The molecule has 0 saturated carbocycles. The van der Waals surface area contributed by atoms with E-state index in [1.165, 1.54) is 0 Å². The van der Waals surface area contributed by atoms with E-state index < -0.39 is 5.41 Å². The van der Waals surface area contributed by atoms with Gasteiger partial charge in [-0.1, -0.05) is 0 Å². The van der Waals surface area contributed by atoms with Crippen LogP contribution < -0.4 is 16.4 Å². The number of nitrogens with zero attached hydrogens (tertiary/aromatic N) is 1. The number of pyridine rings is 1. The number of rotatable bonds is 4. The molecule has 0 aliphatic rings. The van der Waals surface area contributed by atoms with Gasteiger partial charge in [-0.2, -0.15) is 0 Å². The summed E-state index contributed by atoms with van der Waals surface area (Å²) in [6.45, 7) is 4.24. The molecule has 1 rings (SSSR count). The first-order valence-corrected chi connectivity index (χ1v) is 5.13. The number of anilines is 2. The molecule has 16 heavy (non-hydrogen) atoms. The first-order chi connectivity index (χ1) is 7.45. The first kappa shape index (κ1) is 12.3. The van der Waals surface area contributed by atoms with Gasteiger partial charge in [-0.05, 0) is 19.9 Å². The van der Waals surface area contributed by atoms with Crippen molar-refractivity contribution in [3.8, 4) is 0 Å². The molecule has 5 heteroatoms. The highest BCUT2D eigenvalue weighted by molar-refractivity contribution is 5.82. The number of amides is 1. The molecule has 0 atom stereocenters.